The van der Waals surface area contributed by atoms with Crippen molar-refractivity contribution in [1.29, 1.82) is 0 Å². The van der Waals surface area contributed by atoms with Gasteiger partial charge in [-0.1, -0.05) is 5.92 Å². The first kappa shape index (κ1) is 9.72. The summed E-state index contributed by atoms with van der Waals surface area (Å²) in [7, 11) is 1.48. The molecule has 0 aliphatic rings. The number of methoxy groups -OCH3 is 1. The Hall–Kier alpha value is -0.280. The Morgan fingerprint density at radius 3 is 3.00 bits per heavy atom. The average molecular weight is 253 g/mol. The van der Waals surface area contributed by atoms with Gasteiger partial charge in [-0.15, -0.1) is 0 Å². The van der Waals surface area contributed by atoms with E-state index in [4.69, 9.17) is 0 Å². The van der Waals surface area contributed by atoms with Crippen LogP contribution in [0, 0.1) is 9.85 Å². The number of halogens is 1. The highest BCUT2D eigenvalue weighted by Gasteiger charge is 1.94. The van der Waals surface area contributed by atoms with Gasteiger partial charge in [-0.2, -0.15) is 0 Å². The number of amides is 1. The lowest BCUT2D eigenvalue weighted by Crippen LogP contribution is -2.27. The average Bonchev–Trinajstić information content (AvgIpc) is 1.89. The number of hydrogen-bond donors (Lipinski definition) is 1. The lowest BCUT2D eigenvalue weighted by atomic mass is 10.6. The Labute approximate surface area is 73.6 Å². The first-order valence-electron chi connectivity index (χ1n) is 2.65. The predicted octanol–water partition coefficient (Wildman–Crippen LogP) is 0.145. The van der Waals surface area contributed by atoms with Gasteiger partial charge in [0.25, 0.3) is 0 Å². The van der Waals surface area contributed by atoms with E-state index in [1.54, 1.807) is 0 Å². The number of carbonyl (C=O) groups is 1. The van der Waals surface area contributed by atoms with Crippen molar-refractivity contribution >= 4 is 28.5 Å². The molecule has 0 spiro atoms. The summed E-state index contributed by atoms with van der Waals surface area (Å²) in [6, 6.07) is 0. The second kappa shape index (κ2) is 6.83. The fourth-order valence-corrected chi connectivity index (χ4v) is 0.549. The third-order valence-electron chi connectivity index (χ3n) is 0.716. The SMILES string of the molecule is COCC(=O)NCC#CI. The van der Waals surface area contributed by atoms with Gasteiger partial charge in [0.15, 0.2) is 0 Å². The maximum atomic E-state index is 10.6. The molecule has 10 heavy (non-hydrogen) atoms. The number of carbonyl (C=O) groups excluding carboxylic acids is 1. The van der Waals surface area contributed by atoms with Gasteiger partial charge in [0.2, 0.25) is 5.91 Å². The molecule has 0 saturated heterocycles. The zero-order valence-corrected chi connectivity index (χ0v) is 7.77. The van der Waals surface area contributed by atoms with Gasteiger partial charge in [-0.3, -0.25) is 4.79 Å². The predicted molar refractivity (Wildman–Crippen MR) is 46.7 cm³/mol. The van der Waals surface area contributed by atoms with Crippen LogP contribution >= 0.6 is 22.6 Å². The zero-order valence-electron chi connectivity index (χ0n) is 5.61. The van der Waals surface area contributed by atoms with Gasteiger partial charge in [0, 0.05) is 29.7 Å². The number of nitrogens with one attached hydrogen (secondary N) is 1. The van der Waals surface area contributed by atoms with E-state index < -0.39 is 0 Å². The summed E-state index contributed by atoms with van der Waals surface area (Å²) in [5.74, 6) is 2.55. The van der Waals surface area contributed by atoms with Crippen LogP contribution in [0.5, 0.6) is 0 Å². The Bertz CT molecular complexity index is 159. The molecular formula is C6H8INO2. The zero-order chi connectivity index (χ0) is 7.82. The van der Waals surface area contributed by atoms with Crippen LogP contribution in [0.3, 0.4) is 0 Å². The fourth-order valence-electron chi connectivity index (χ4n) is 0.358. The molecule has 0 heterocycles. The summed E-state index contributed by atoms with van der Waals surface area (Å²) in [6.07, 6.45) is 0. The monoisotopic (exact) mass is 253 g/mol. The molecule has 56 valence electrons. The summed E-state index contributed by atoms with van der Waals surface area (Å²) >= 11 is 1.91. The quantitative estimate of drug-likeness (QED) is 0.574. The summed E-state index contributed by atoms with van der Waals surface area (Å²) in [6.45, 7) is 0.494. The van der Waals surface area contributed by atoms with Crippen molar-refractivity contribution < 1.29 is 9.53 Å². The molecule has 0 bridgehead atoms. The van der Waals surface area contributed by atoms with Crippen molar-refractivity contribution in [3.8, 4) is 9.85 Å². The summed E-state index contributed by atoms with van der Waals surface area (Å²) < 4.78 is 7.20. The van der Waals surface area contributed by atoms with E-state index in [1.165, 1.54) is 7.11 Å². The van der Waals surface area contributed by atoms with Crippen LogP contribution in [-0.2, 0) is 9.53 Å². The molecule has 0 rings (SSSR count). The third-order valence-corrected chi connectivity index (χ3v) is 1.10. The first-order valence-corrected chi connectivity index (χ1v) is 3.73. The molecule has 0 atom stereocenters. The van der Waals surface area contributed by atoms with Crippen LogP contribution in [0.25, 0.3) is 0 Å². The smallest absolute Gasteiger partial charge is 0.246 e. The fraction of sp³-hybridized carbons (Fsp3) is 0.500. The maximum absolute atomic E-state index is 10.6. The van der Waals surface area contributed by atoms with Gasteiger partial charge >= 0.3 is 0 Å². The second-order valence-electron chi connectivity index (χ2n) is 1.48. The van der Waals surface area contributed by atoms with Crippen LogP contribution in [0.4, 0.5) is 0 Å². The molecule has 1 amide bonds. The van der Waals surface area contributed by atoms with E-state index in [1.807, 2.05) is 22.6 Å². The molecule has 4 heteroatoms. The minimum atomic E-state index is -0.137. The van der Waals surface area contributed by atoms with Crippen molar-refractivity contribution in [1.82, 2.24) is 5.32 Å². The number of ether oxygens (including phenoxy) is 1. The minimum Gasteiger partial charge on any atom is -0.375 e. The molecule has 0 unspecified atom stereocenters. The summed E-state index contributed by atoms with van der Waals surface area (Å²) in [4.78, 5) is 10.6. The van der Waals surface area contributed by atoms with Crippen LogP contribution in [0.1, 0.15) is 0 Å². The van der Waals surface area contributed by atoms with Crippen molar-refractivity contribution in [3.05, 3.63) is 0 Å². The van der Waals surface area contributed by atoms with Crippen LogP contribution in [0.2, 0.25) is 0 Å². The summed E-state index contributed by atoms with van der Waals surface area (Å²) in [5, 5.41) is 2.54. The van der Waals surface area contributed by atoms with Crippen LogP contribution < -0.4 is 5.32 Å². The maximum Gasteiger partial charge on any atom is 0.246 e. The number of rotatable bonds is 3. The topological polar surface area (TPSA) is 38.3 Å². The van der Waals surface area contributed by atoms with Crippen molar-refractivity contribution in [2.45, 2.75) is 0 Å². The molecule has 0 radical (unpaired) electrons. The molecule has 1 N–H and O–H groups in total. The molecule has 0 aliphatic carbocycles. The lowest BCUT2D eigenvalue weighted by Gasteiger charge is -1.97. The van der Waals surface area contributed by atoms with E-state index in [9.17, 15) is 4.79 Å². The largest absolute Gasteiger partial charge is 0.375 e. The highest BCUT2D eigenvalue weighted by molar-refractivity contribution is 14.1. The Kier molecular flexibility index (Phi) is 6.64. The number of hydrogen-bond acceptors (Lipinski definition) is 2. The molecule has 0 aromatic heterocycles. The molecule has 0 fully saturated rings. The van der Waals surface area contributed by atoms with Gasteiger partial charge in [0.05, 0.1) is 6.54 Å². The van der Waals surface area contributed by atoms with Gasteiger partial charge < -0.3 is 10.1 Å². The van der Waals surface area contributed by atoms with Crippen molar-refractivity contribution in [2.75, 3.05) is 20.3 Å². The summed E-state index contributed by atoms with van der Waals surface area (Å²) in [5.41, 5.74) is 0. The molecule has 3 nitrogen and oxygen atoms in total. The minimum absolute atomic E-state index is 0.100. The Morgan fingerprint density at radius 2 is 2.50 bits per heavy atom. The molecule has 0 aliphatic heterocycles. The lowest BCUT2D eigenvalue weighted by molar-refractivity contribution is -0.124. The van der Waals surface area contributed by atoms with Gasteiger partial charge in [-0.05, 0) is 3.93 Å². The Balaban J connectivity index is 3.27. The Morgan fingerprint density at radius 1 is 1.80 bits per heavy atom. The highest BCUT2D eigenvalue weighted by atomic mass is 127. The van der Waals surface area contributed by atoms with E-state index >= 15 is 0 Å². The van der Waals surface area contributed by atoms with Gasteiger partial charge in [0.1, 0.15) is 6.61 Å². The molecule has 0 saturated carbocycles. The normalized spacial score (nSPS) is 7.80. The van der Waals surface area contributed by atoms with Crippen molar-refractivity contribution in [2.24, 2.45) is 0 Å². The third kappa shape index (κ3) is 5.85. The van der Waals surface area contributed by atoms with Gasteiger partial charge in [-0.25, -0.2) is 0 Å². The van der Waals surface area contributed by atoms with Crippen LogP contribution in [-0.4, -0.2) is 26.2 Å². The van der Waals surface area contributed by atoms with E-state index in [0.29, 0.717) is 6.54 Å². The van der Waals surface area contributed by atoms with Crippen LogP contribution in [0.15, 0.2) is 0 Å². The van der Waals surface area contributed by atoms with E-state index in [-0.39, 0.29) is 12.5 Å². The van der Waals surface area contributed by atoms with E-state index in [2.05, 4.69) is 19.9 Å². The highest BCUT2D eigenvalue weighted by Crippen LogP contribution is 1.70. The second-order valence-corrected chi connectivity index (χ2v) is 2.02. The van der Waals surface area contributed by atoms with E-state index in [0.717, 1.165) is 0 Å². The standard InChI is InChI=1S/C6H8INO2/c1-10-5-6(9)8-4-2-3-7/h4-5H2,1H3,(H,8,9). The first-order chi connectivity index (χ1) is 4.81. The van der Waals surface area contributed by atoms with Crippen molar-refractivity contribution in [3.63, 3.8) is 0 Å². The molecule has 0 aromatic carbocycles. The molecular weight excluding hydrogens is 245 g/mol. The molecule has 0 aromatic rings.